The summed E-state index contributed by atoms with van der Waals surface area (Å²) in [6.45, 7) is 4.82. The molecule has 0 saturated carbocycles. The van der Waals surface area contributed by atoms with Crippen LogP contribution in [0.1, 0.15) is 42.3 Å². The molecule has 0 spiro atoms. The monoisotopic (exact) mass is 260 g/mol. The minimum atomic E-state index is 0.00668. The van der Waals surface area contributed by atoms with Crippen LogP contribution in [0, 0.1) is 13.8 Å². The maximum Gasteiger partial charge on any atom is 0.275 e. The molecule has 0 amide bonds. The molecule has 1 aliphatic heterocycles. The number of hydrogen-bond donors (Lipinski definition) is 1. The summed E-state index contributed by atoms with van der Waals surface area (Å²) in [4.78, 5) is 19.0. The van der Waals surface area contributed by atoms with Gasteiger partial charge in [-0.1, -0.05) is 6.42 Å². The summed E-state index contributed by atoms with van der Waals surface area (Å²) in [5.41, 5.74) is 3.35. The van der Waals surface area contributed by atoms with Crippen LogP contribution in [0.3, 0.4) is 0 Å². The van der Waals surface area contributed by atoms with Crippen LogP contribution >= 0.6 is 0 Å². The Kier molecular flexibility index (Phi) is 2.93. The smallest absolute Gasteiger partial charge is 0.275 e. The van der Waals surface area contributed by atoms with E-state index in [0.717, 1.165) is 30.0 Å². The van der Waals surface area contributed by atoms with E-state index in [4.69, 9.17) is 0 Å². The molecule has 5 nitrogen and oxygen atoms in total. The third-order valence-corrected chi connectivity index (χ3v) is 4.23. The van der Waals surface area contributed by atoms with Crippen LogP contribution < -0.4 is 5.56 Å². The molecular formula is C14H20N4O. The lowest BCUT2D eigenvalue weighted by Crippen LogP contribution is -2.30. The van der Waals surface area contributed by atoms with E-state index in [1.54, 1.807) is 4.52 Å². The maximum atomic E-state index is 12.2. The average Bonchev–Trinajstić information content (AvgIpc) is 2.80. The van der Waals surface area contributed by atoms with Crippen molar-refractivity contribution in [2.24, 2.45) is 0 Å². The van der Waals surface area contributed by atoms with Crippen molar-refractivity contribution < 1.29 is 0 Å². The zero-order valence-corrected chi connectivity index (χ0v) is 11.7. The third-order valence-electron chi connectivity index (χ3n) is 4.23. The Morgan fingerprint density at radius 1 is 1.37 bits per heavy atom. The van der Waals surface area contributed by atoms with E-state index in [1.807, 2.05) is 19.9 Å². The van der Waals surface area contributed by atoms with Gasteiger partial charge in [-0.25, -0.2) is 9.50 Å². The van der Waals surface area contributed by atoms with Crippen molar-refractivity contribution in [2.75, 3.05) is 13.6 Å². The Bertz CT molecular complexity index is 670. The van der Waals surface area contributed by atoms with Gasteiger partial charge in [0.2, 0.25) is 0 Å². The fourth-order valence-corrected chi connectivity index (χ4v) is 2.88. The molecule has 3 rings (SSSR count). The van der Waals surface area contributed by atoms with Crippen molar-refractivity contribution in [1.29, 1.82) is 0 Å². The third kappa shape index (κ3) is 1.98. The lowest BCUT2D eigenvalue weighted by atomic mass is 10.0. The summed E-state index contributed by atoms with van der Waals surface area (Å²) < 4.78 is 1.57. The topological polar surface area (TPSA) is 53.4 Å². The molecule has 1 saturated heterocycles. The minimum absolute atomic E-state index is 0.00668. The van der Waals surface area contributed by atoms with Crippen molar-refractivity contribution in [1.82, 2.24) is 19.5 Å². The van der Waals surface area contributed by atoms with E-state index >= 15 is 0 Å². The normalized spacial score (nSPS) is 21.1. The number of H-pyrrole nitrogens is 1. The van der Waals surface area contributed by atoms with Crippen LogP contribution in [-0.4, -0.2) is 33.1 Å². The number of aryl methyl sites for hydroxylation is 1. The van der Waals surface area contributed by atoms with Crippen molar-refractivity contribution >= 4 is 5.65 Å². The summed E-state index contributed by atoms with van der Waals surface area (Å²) in [6.07, 6.45) is 3.63. The van der Waals surface area contributed by atoms with Gasteiger partial charge in [0, 0.05) is 17.3 Å². The molecule has 102 valence electrons. The Hall–Kier alpha value is -1.62. The number of piperidine rings is 1. The van der Waals surface area contributed by atoms with E-state index in [2.05, 4.69) is 22.0 Å². The second-order valence-electron chi connectivity index (χ2n) is 5.52. The Balaban J connectivity index is 2.11. The molecule has 0 radical (unpaired) electrons. The van der Waals surface area contributed by atoms with E-state index in [9.17, 15) is 4.79 Å². The number of fused-ring (bicyclic) bond motifs is 1. The Labute approximate surface area is 112 Å². The zero-order valence-electron chi connectivity index (χ0n) is 11.7. The second-order valence-corrected chi connectivity index (χ2v) is 5.52. The summed E-state index contributed by atoms with van der Waals surface area (Å²) >= 11 is 0. The van der Waals surface area contributed by atoms with Gasteiger partial charge < -0.3 is 0 Å². The van der Waals surface area contributed by atoms with E-state index < -0.39 is 0 Å². The summed E-state index contributed by atoms with van der Waals surface area (Å²) in [5, 5.41) is 3.23. The molecule has 0 aliphatic carbocycles. The molecule has 1 aliphatic rings. The molecular weight excluding hydrogens is 240 g/mol. The predicted molar refractivity (Wildman–Crippen MR) is 74.5 cm³/mol. The van der Waals surface area contributed by atoms with Gasteiger partial charge in [0.15, 0.2) is 5.65 Å². The van der Waals surface area contributed by atoms with Gasteiger partial charge >= 0.3 is 0 Å². The minimum Gasteiger partial charge on any atom is -0.298 e. The first-order chi connectivity index (χ1) is 9.08. The van der Waals surface area contributed by atoms with Gasteiger partial charge in [0.05, 0.1) is 11.7 Å². The van der Waals surface area contributed by atoms with Crippen LogP contribution in [0.5, 0.6) is 0 Å². The van der Waals surface area contributed by atoms with Crippen molar-refractivity contribution in [3.8, 4) is 0 Å². The average molecular weight is 260 g/mol. The standard InChI is InChI=1S/C14H20N4O/c1-9-10(2)15-13-8-11(16-18(13)14(9)19)12-6-4-5-7-17(12)3/h8,12,16H,4-7H2,1-3H3. The van der Waals surface area contributed by atoms with E-state index in [0.29, 0.717) is 11.6 Å². The first kappa shape index (κ1) is 12.4. The van der Waals surface area contributed by atoms with Gasteiger partial charge in [-0.15, -0.1) is 0 Å². The number of aromatic amines is 1. The quantitative estimate of drug-likeness (QED) is 0.850. The molecule has 19 heavy (non-hydrogen) atoms. The van der Waals surface area contributed by atoms with Gasteiger partial charge in [-0.2, -0.15) is 0 Å². The molecule has 0 aromatic carbocycles. The first-order valence-corrected chi connectivity index (χ1v) is 6.87. The number of aromatic nitrogens is 3. The van der Waals surface area contributed by atoms with Crippen molar-refractivity contribution in [3.63, 3.8) is 0 Å². The van der Waals surface area contributed by atoms with Crippen LogP contribution in [0.15, 0.2) is 10.9 Å². The second kappa shape index (κ2) is 4.49. The molecule has 3 heterocycles. The molecule has 0 bridgehead atoms. The zero-order chi connectivity index (χ0) is 13.6. The van der Waals surface area contributed by atoms with Crippen LogP contribution in [-0.2, 0) is 0 Å². The molecule has 2 aromatic rings. The van der Waals surface area contributed by atoms with E-state index in [1.165, 1.54) is 12.8 Å². The van der Waals surface area contributed by atoms with Gasteiger partial charge in [-0.3, -0.25) is 14.8 Å². The first-order valence-electron chi connectivity index (χ1n) is 6.87. The van der Waals surface area contributed by atoms with Gasteiger partial charge in [-0.05, 0) is 40.3 Å². The highest BCUT2D eigenvalue weighted by Gasteiger charge is 2.23. The number of nitrogens with one attached hydrogen (secondary N) is 1. The summed E-state index contributed by atoms with van der Waals surface area (Å²) in [7, 11) is 2.14. The van der Waals surface area contributed by atoms with Crippen LogP contribution in [0.25, 0.3) is 5.65 Å². The fraction of sp³-hybridized carbons (Fsp3) is 0.571. The number of rotatable bonds is 1. The van der Waals surface area contributed by atoms with Crippen molar-refractivity contribution in [3.05, 3.63) is 33.4 Å². The van der Waals surface area contributed by atoms with Crippen molar-refractivity contribution in [2.45, 2.75) is 39.2 Å². The number of likely N-dealkylation sites (tertiary alicyclic amines) is 1. The highest BCUT2D eigenvalue weighted by atomic mass is 16.1. The Morgan fingerprint density at radius 3 is 2.89 bits per heavy atom. The van der Waals surface area contributed by atoms with Crippen LogP contribution in [0.4, 0.5) is 0 Å². The van der Waals surface area contributed by atoms with Gasteiger partial charge in [0.25, 0.3) is 5.56 Å². The predicted octanol–water partition coefficient (Wildman–Crippen LogP) is 1.80. The number of nitrogens with zero attached hydrogens (tertiary/aromatic N) is 3. The Morgan fingerprint density at radius 2 is 2.16 bits per heavy atom. The molecule has 1 unspecified atom stereocenters. The largest absolute Gasteiger partial charge is 0.298 e. The number of hydrogen-bond acceptors (Lipinski definition) is 3. The fourth-order valence-electron chi connectivity index (χ4n) is 2.88. The van der Waals surface area contributed by atoms with E-state index in [-0.39, 0.29) is 5.56 Å². The summed E-state index contributed by atoms with van der Waals surface area (Å²) in [5.74, 6) is 0. The highest BCUT2D eigenvalue weighted by Crippen LogP contribution is 2.28. The molecule has 1 fully saturated rings. The summed E-state index contributed by atoms with van der Waals surface area (Å²) in [6, 6.07) is 2.39. The van der Waals surface area contributed by atoms with Crippen LogP contribution in [0.2, 0.25) is 0 Å². The molecule has 2 aromatic heterocycles. The molecule has 1 N–H and O–H groups in total. The lowest BCUT2D eigenvalue weighted by Gasteiger charge is -2.31. The maximum absolute atomic E-state index is 12.2. The highest BCUT2D eigenvalue weighted by molar-refractivity contribution is 5.42. The SMILES string of the molecule is Cc1nc2cc(C3CCCCN3C)[nH]n2c(=O)c1C. The lowest BCUT2D eigenvalue weighted by molar-refractivity contribution is 0.183. The van der Waals surface area contributed by atoms with Gasteiger partial charge in [0.1, 0.15) is 0 Å². The molecule has 5 heteroatoms. The molecule has 1 atom stereocenters.